The summed E-state index contributed by atoms with van der Waals surface area (Å²) < 4.78 is 27.6. The summed E-state index contributed by atoms with van der Waals surface area (Å²) in [5, 5.41) is 3.12. The van der Waals surface area contributed by atoms with Gasteiger partial charge in [0.2, 0.25) is 5.91 Å². The smallest absolute Gasteiger partial charge is 0.261 e. The van der Waals surface area contributed by atoms with Crippen LogP contribution in [0.15, 0.2) is 46.2 Å². The molecule has 2 N–H and O–H groups in total. The summed E-state index contributed by atoms with van der Waals surface area (Å²) in [6, 6.07) is 9.52. The molecule has 0 unspecified atom stereocenters. The van der Waals surface area contributed by atoms with Gasteiger partial charge < -0.3 is 5.32 Å². The fourth-order valence-corrected chi connectivity index (χ4v) is 3.80. The van der Waals surface area contributed by atoms with Gasteiger partial charge in [-0.15, -0.1) is 11.8 Å². The van der Waals surface area contributed by atoms with E-state index in [1.54, 1.807) is 24.3 Å². The van der Waals surface area contributed by atoms with Crippen LogP contribution in [0.3, 0.4) is 0 Å². The van der Waals surface area contributed by atoms with Gasteiger partial charge in [0.15, 0.2) is 0 Å². The Morgan fingerprint density at radius 3 is 2.46 bits per heavy atom. The predicted molar refractivity (Wildman–Crippen MR) is 99.5 cm³/mol. The molecule has 2 aromatic rings. The van der Waals surface area contributed by atoms with E-state index < -0.39 is 10.0 Å². The largest absolute Gasteiger partial charge is 0.325 e. The monoisotopic (exact) mass is 384 g/mol. The molecule has 24 heavy (non-hydrogen) atoms. The van der Waals surface area contributed by atoms with E-state index in [9.17, 15) is 13.2 Å². The quantitative estimate of drug-likeness (QED) is 0.760. The molecular weight excluding hydrogens is 368 g/mol. The van der Waals surface area contributed by atoms with Gasteiger partial charge >= 0.3 is 0 Å². The molecule has 8 heteroatoms. The molecule has 0 aliphatic rings. The van der Waals surface area contributed by atoms with Crippen molar-refractivity contribution in [2.75, 3.05) is 16.3 Å². The molecule has 0 heterocycles. The van der Waals surface area contributed by atoms with Crippen LogP contribution in [0.5, 0.6) is 0 Å². The van der Waals surface area contributed by atoms with Crippen LogP contribution in [0.1, 0.15) is 12.5 Å². The molecule has 2 aromatic carbocycles. The van der Waals surface area contributed by atoms with Crippen LogP contribution in [0.4, 0.5) is 11.4 Å². The van der Waals surface area contributed by atoms with Crippen LogP contribution in [-0.4, -0.2) is 20.6 Å². The zero-order valence-corrected chi connectivity index (χ0v) is 15.8. The van der Waals surface area contributed by atoms with Crippen LogP contribution in [-0.2, 0) is 14.8 Å². The lowest BCUT2D eigenvalue weighted by Crippen LogP contribution is -2.14. The highest BCUT2D eigenvalue weighted by atomic mass is 35.5. The molecule has 1 amide bonds. The summed E-state index contributed by atoms with van der Waals surface area (Å²) >= 11 is 7.44. The number of halogens is 1. The first kappa shape index (κ1) is 18.6. The third-order valence-electron chi connectivity index (χ3n) is 3.22. The highest BCUT2D eigenvalue weighted by Crippen LogP contribution is 2.29. The Morgan fingerprint density at radius 2 is 1.88 bits per heavy atom. The number of hydrogen-bond acceptors (Lipinski definition) is 4. The van der Waals surface area contributed by atoms with Gasteiger partial charge in [-0.2, -0.15) is 0 Å². The summed E-state index contributed by atoms with van der Waals surface area (Å²) in [6.07, 6.45) is 1.85. The summed E-state index contributed by atoms with van der Waals surface area (Å²) in [5.41, 5.74) is 1.69. The van der Waals surface area contributed by atoms with E-state index in [2.05, 4.69) is 10.0 Å². The zero-order valence-electron chi connectivity index (χ0n) is 13.4. The van der Waals surface area contributed by atoms with Crippen LogP contribution in [0.2, 0.25) is 5.02 Å². The molecule has 0 aliphatic carbocycles. The van der Waals surface area contributed by atoms with Gasteiger partial charge in [-0.1, -0.05) is 17.7 Å². The molecule has 2 rings (SSSR count). The lowest BCUT2D eigenvalue weighted by Gasteiger charge is -2.13. The van der Waals surface area contributed by atoms with Crippen molar-refractivity contribution in [3.63, 3.8) is 0 Å². The van der Waals surface area contributed by atoms with Gasteiger partial charge in [-0.3, -0.25) is 9.52 Å². The van der Waals surface area contributed by atoms with Crippen molar-refractivity contribution in [3.8, 4) is 0 Å². The Balaban J connectivity index is 2.37. The van der Waals surface area contributed by atoms with E-state index in [-0.39, 0.29) is 10.8 Å². The van der Waals surface area contributed by atoms with E-state index in [1.807, 2.05) is 13.2 Å². The van der Waals surface area contributed by atoms with Crippen molar-refractivity contribution in [1.82, 2.24) is 0 Å². The SMILES string of the molecule is CSc1ccc(S(=O)(=O)Nc2ccc(C)c(Cl)c2)cc1NC(C)=O. The van der Waals surface area contributed by atoms with Gasteiger partial charge in [-0.05, 0) is 49.1 Å². The molecule has 0 fully saturated rings. The standard InChI is InChI=1S/C16H17ClN2O3S2/c1-10-4-5-12(8-14(10)17)19-24(21,22)13-6-7-16(23-3)15(9-13)18-11(2)20/h4-9,19H,1-3H3,(H,18,20). The topological polar surface area (TPSA) is 75.3 Å². The van der Waals surface area contributed by atoms with Crippen molar-refractivity contribution in [3.05, 3.63) is 47.0 Å². The van der Waals surface area contributed by atoms with Crippen molar-refractivity contribution >= 4 is 50.7 Å². The van der Waals surface area contributed by atoms with Crippen LogP contribution in [0, 0.1) is 6.92 Å². The van der Waals surface area contributed by atoms with E-state index >= 15 is 0 Å². The number of nitrogens with one attached hydrogen (secondary N) is 2. The Hall–Kier alpha value is -1.70. The minimum Gasteiger partial charge on any atom is -0.325 e. The number of carbonyl (C=O) groups excluding carboxylic acids is 1. The summed E-state index contributed by atoms with van der Waals surface area (Å²) in [4.78, 5) is 12.1. The maximum atomic E-state index is 12.6. The lowest BCUT2D eigenvalue weighted by atomic mass is 10.2. The van der Waals surface area contributed by atoms with Crippen molar-refractivity contribution in [2.24, 2.45) is 0 Å². The van der Waals surface area contributed by atoms with Crippen molar-refractivity contribution in [2.45, 2.75) is 23.6 Å². The maximum Gasteiger partial charge on any atom is 0.261 e. The van der Waals surface area contributed by atoms with Gasteiger partial charge in [0, 0.05) is 16.8 Å². The second-order valence-corrected chi connectivity index (χ2v) is 8.05. The maximum absolute atomic E-state index is 12.6. The third-order valence-corrected chi connectivity index (χ3v) is 5.80. The molecule has 128 valence electrons. The van der Waals surface area contributed by atoms with Crippen LogP contribution >= 0.6 is 23.4 Å². The van der Waals surface area contributed by atoms with E-state index in [4.69, 9.17) is 11.6 Å². The predicted octanol–water partition coefficient (Wildman–Crippen LogP) is 4.13. The number of thioether (sulfide) groups is 1. The summed E-state index contributed by atoms with van der Waals surface area (Å²) in [6.45, 7) is 3.21. The molecule has 5 nitrogen and oxygen atoms in total. The van der Waals surface area contributed by atoms with Crippen LogP contribution < -0.4 is 10.0 Å². The lowest BCUT2D eigenvalue weighted by molar-refractivity contribution is -0.114. The average Bonchev–Trinajstić information content (AvgIpc) is 2.50. The molecule has 0 saturated carbocycles. The molecule has 0 spiro atoms. The Morgan fingerprint density at radius 1 is 1.17 bits per heavy atom. The molecule has 0 atom stereocenters. The number of amides is 1. The Kier molecular flexibility index (Phi) is 5.79. The molecular formula is C16H17ClN2O3S2. The number of anilines is 2. The van der Waals surface area contributed by atoms with Gasteiger partial charge in [0.05, 0.1) is 16.3 Å². The van der Waals surface area contributed by atoms with Crippen LogP contribution in [0.25, 0.3) is 0 Å². The highest BCUT2D eigenvalue weighted by molar-refractivity contribution is 7.98. The van der Waals surface area contributed by atoms with Gasteiger partial charge in [0.1, 0.15) is 0 Å². The highest BCUT2D eigenvalue weighted by Gasteiger charge is 2.17. The number of rotatable bonds is 5. The Labute approximate surface area is 150 Å². The minimum atomic E-state index is -3.80. The minimum absolute atomic E-state index is 0.0562. The first-order valence-corrected chi connectivity index (χ1v) is 10.1. The summed E-state index contributed by atoms with van der Waals surface area (Å²) in [7, 11) is -3.80. The van der Waals surface area contributed by atoms with Gasteiger partial charge in [-0.25, -0.2) is 8.42 Å². The second kappa shape index (κ2) is 7.46. The molecule has 0 bridgehead atoms. The average molecular weight is 385 g/mol. The van der Waals surface area contributed by atoms with E-state index in [0.717, 1.165) is 10.5 Å². The molecule has 0 saturated heterocycles. The first-order chi connectivity index (χ1) is 11.2. The molecule has 0 aliphatic heterocycles. The van der Waals surface area contributed by atoms with E-state index in [0.29, 0.717) is 16.4 Å². The zero-order chi connectivity index (χ0) is 17.9. The fourth-order valence-electron chi connectivity index (χ4n) is 2.01. The molecule has 0 radical (unpaired) electrons. The fraction of sp³-hybridized carbons (Fsp3) is 0.188. The molecule has 0 aromatic heterocycles. The van der Waals surface area contributed by atoms with Crippen molar-refractivity contribution in [1.29, 1.82) is 0 Å². The number of sulfonamides is 1. The number of aryl methyl sites for hydroxylation is 1. The number of hydrogen-bond donors (Lipinski definition) is 2. The normalized spacial score (nSPS) is 11.2. The van der Waals surface area contributed by atoms with Crippen molar-refractivity contribution < 1.29 is 13.2 Å². The van der Waals surface area contributed by atoms with E-state index in [1.165, 1.54) is 30.8 Å². The third kappa shape index (κ3) is 4.43. The number of carbonyl (C=O) groups is 1. The van der Waals surface area contributed by atoms with Gasteiger partial charge in [0.25, 0.3) is 10.0 Å². The Bertz CT molecular complexity index is 883. The first-order valence-electron chi connectivity index (χ1n) is 6.97. The number of benzene rings is 2. The second-order valence-electron chi connectivity index (χ2n) is 5.11. The summed E-state index contributed by atoms with van der Waals surface area (Å²) in [5.74, 6) is -0.266.